The first-order chi connectivity index (χ1) is 11.9. The molecule has 6 heteroatoms. The Morgan fingerprint density at radius 3 is 2.20 bits per heavy atom. The van der Waals surface area contributed by atoms with Crippen LogP contribution in [0.5, 0.6) is 0 Å². The summed E-state index contributed by atoms with van der Waals surface area (Å²) in [7, 11) is -3.32. The Morgan fingerprint density at radius 2 is 1.64 bits per heavy atom. The summed E-state index contributed by atoms with van der Waals surface area (Å²) >= 11 is 0. The van der Waals surface area contributed by atoms with Gasteiger partial charge < -0.3 is 5.73 Å². The fourth-order valence-electron chi connectivity index (χ4n) is 3.51. The van der Waals surface area contributed by atoms with Gasteiger partial charge >= 0.3 is 6.03 Å². The molecule has 132 valence electrons. The summed E-state index contributed by atoms with van der Waals surface area (Å²) in [6.45, 7) is 0. The van der Waals surface area contributed by atoms with Gasteiger partial charge in [-0.3, -0.25) is 4.90 Å². The Balaban J connectivity index is 1.97. The smallest absolute Gasteiger partial charge is 0.319 e. The maximum Gasteiger partial charge on any atom is 0.319 e. The Labute approximate surface area is 148 Å². The van der Waals surface area contributed by atoms with Crippen LogP contribution in [0.1, 0.15) is 25.7 Å². The van der Waals surface area contributed by atoms with E-state index in [0.29, 0.717) is 10.5 Å². The maximum atomic E-state index is 12.0. The summed E-state index contributed by atoms with van der Waals surface area (Å²) < 4.78 is 24.0. The first-order valence-electron chi connectivity index (χ1n) is 8.36. The summed E-state index contributed by atoms with van der Waals surface area (Å²) in [5.41, 5.74) is 7.78. The molecule has 0 bridgehead atoms. The van der Waals surface area contributed by atoms with Gasteiger partial charge in [0.05, 0.1) is 4.90 Å². The fourth-order valence-corrected chi connectivity index (χ4v) is 4.42. The molecular formula is C19H22N2O3S. The zero-order chi connectivity index (χ0) is 18.0. The molecule has 1 fully saturated rings. The zero-order valence-electron chi connectivity index (χ0n) is 14.2. The molecule has 25 heavy (non-hydrogen) atoms. The first-order valence-corrected chi connectivity index (χ1v) is 10.3. The first kappa shape index (κ1) is 17.5. The van der Waals surface area contributed by atoms with E-state index in [0.717, 1.165) is 36.9 Å². The van der Waals surface area contributed by atoms with E-state index in [1.54, 1.807) is 23.1 Å². The van der Waals surface area contributed by atoms with Crippen molar-refractivity contribution in [2.24, 2.45) is 5.73 Å². The van der Waals surface area contributed by atoms with Crippen LogP contribution < -0.4 is 10.6 Å². The van der Waals surface area contributed by atoms with Crippen LogP contribution in [0.2, 0.25) is 0 Å². The van der Waals surface area contributed by atoms with E-state index in [1.807, 2.05) is 30.3 Å². The van der Waals surface area contributed by atoms with Gasteiger partial charge in [-0.05, 0) is 36.6 Å². The van der Waals surface area contributed by atoms with Crippen molar-refractivity contribution in [3.63, 3.8) is 0 Å². The second-order valence-electron chi connectivity index (χ2n) is 6.46. The van der Waals surface area contributed by atoms with Crippen LogP contribution in [0, 0.1) is 0 Å². The molecular weight excluding hydrogens is 336 g/mol. The minimum absolute atomic E-state index is 0.145. The lowest BCUT2D eigenvalue weighted by Crippen LogP contribution is -2.42. The van der Waals surface area contributed by atoms with Crippen molar-refractivity contribution in [2.75, 3.05) is 11.2 Å². The fraction of sp³-hybridized carbons (Fsp3) is 0.316. The Bertz CT molecular complexity index is 870. The van der Waals surface area contributed by atoms with Gasteiger partial charge in [0.25, 0.3) is 0 Å². The molecule has 0 unspecified atom stereocenters. The van der Waals surface area contributed by atoms with Crippen molar-refractivity contribution in [2.45, 2.75) is 36.6 Å². The quantitative estimate of drug-likeness (QED) is 0.907. The Hall–Kier alpha value is -2.34. The van der Waals surface area contributed by atoms with Gasteiger partial charge in [-0.25, -0.2) is 13.2 Å². The van der Waals surface area contributed by atoms with Gasteiger partial charge in [-0.2, -0.15) is 0 Å². The molecule has 0 aromatic heterocycles. The van der Waals surface area contributed by atoms with Crippen molar-refractivity contribution in [1.82, 2.24) is 0 Å². The molecule has 0 spiro atoms. The molecule has 2 amide bonds. The number of anilines is 1. The highest BCUT2D eigenvalue weighted by Gasteiger charge is 2.26. The molecule has 1 aliphatic carbocycles. The second-order valence-corrected chi connectivity index (χ2v) is 8.45. The lowest BCUT2D eigenvalue weighted by molar-refractivity contribution is 0.251. The standard InChI is InChI=1S/C19H22N2O3S/c1-25(23,24)18-9-5-4-8-17(18)14-10-12-16(13-11-14)21(19(20)22)15-6-2-3-7-15/h4-5,8-13,15H,2-3,6-7H2,1H3,(H2,20,22). The van der Waals surface area contributed by atoms with Gasteiger partial charge in [0.1, 0.15) is 0 Å². The van der Waals surface area contributed by atoms with Gasteiger partial charge in [0.15, 0.2) is 9.84 Å². The molecule has 5 nitrogen and oxygen atoms in total. The van der Waals surface area contributed by atoms with E-state index < -0.39 is 15.9 Å². The van der Waals surface area contributed by atoms with Crippen molar-refractivity contribution >= 4 is 21.6 Å². The number of urea groups is 1. The highest BCUT2D eigenvalue weighted by Crippen LogP contribution is 2.32. The number of benzene rings is 2. The Kier molecular flexibility index (Phi) is 4.81. The van der Waals surface area contributed by atoms with Crippen LogP contribution in [0.4, 0.5) is 10.5 Å². The minimum Gasteiger partial charge on any atom is -0.351 e. The average Bonchev–Trinajstić information content (AvgIpc) is 3.08. The molecule has 1 saturated carbocycles. The lowest BCUT2D eigenvalue weighted by Gasteiger charge is -2.27. The van der Waals surface area contributed by atoms with Gasteiger partial charge in [0, 0.05) is 23.5 Å². The van der Waals surface area contributed by atoms with Crippen molar-refractivity contribution in [3.05, 3.63) is 48.5 Å². The predicted octanol–water partition coefficient (Wildman–Crippen LogP) is 3.58. The average molecular weight is 358 g/mol. The number of sulfone groups is 1. The monoisotopic (exact) mass is 358 g/mol. The zero-order valence-corrected chi connectivity index (χ0v) is 15.0. The number of nitrogens with two attached hydrogens (primary N) is 1. The van der Waals surface area contributed by atoms with E-state index in [4.69, 9.17) is 5.73 Å². The molecule has 0 atom stereocenters. The number of carbonyl (C=O) groups excluding carboxylic acids is 1. The third-order valence-electron chi connectivity index (χ3n) is 4.67. The summed E-state index contributed by atoms with van der Waals surface area (Å²) in [6, 6.07) is 13.9. The number of nitrogens with zero attached hydrogens (tertiary/aromatic N) is 1. The highest BCUT2D eigenvalue weighted by molar-refractivity contribution is 7.90. The predicted molar refractivity (Wildman–Crippen MR) is 99.3 cm³/mol. The molecule has 1 aliphatic rings. The van der Waals surface area contributed by atoms with E-state index in [-0.39, 0.29) is 6.04 Å². The molecule has 3 rings (SSSR count). The number of hydrogen-bond acceptors (Lipinski definition) is 3. The number of carbonyl (C=O) groups is 1. The normalized spacial score (nSPS) is 15.2. The molecule has 0 radical (unpaired) electrons. The summed E-state index contributed by atoms with van der Waals surface area (Å²) in [6.07, 6.45) is 5.33. The van der Waals surface area contributed by atoms with E-state index >= 15 is 0 Å². The molecule has 2 N–H and O–H groups in total. The SMILES string of the molecule is CS(=O)(=O)c1ccccc1-c1ccc(N(C(N)=O)C2CCCC2)cc1. The second kappa shape index (κ2) is 6.88. The minimum atomic E-state index is -3.32. The van der Waals surface area contributed by atoms with Crippen LogP contribution in [0.15, 0.2) is 53.4 Å². The van der Waals surface area contributed by atoms with Gasteiger partial charge in [-0.15, -0.1) is 0 Å². The van der Waals surface area contributed by atoms with Crippen LogP contribution in [-0.4, -0.2) is 26.7 Å². The van der Waals surface area contributed by atoms with Crippen LogP contribution in [0.3, 0.4) is 0 Å². The summed E-state index contributed by atoms with van der Waals surface area (Å²) in [4.78, 5) is 13.8. The van der Waals surface area contributed by atoms with Crippen molar-refractivity contribution in [3.8, 4) is 11.1 Å². The number of primary amides is 1. The van der Waals surface area contributed by atoms with E-state index in [2.05, 4.69) is 0 Å². The third kappa shape index (κ3) is 3.69. The van der Waals surface area contributed by atoms with Gasteiger partial charge in [-0.1, -0.05) is 43.2 Å². The Morgan fingerprint density at radius 1 is 1.04 bits per heavy atom. The number of hydrogen-bond donors (Lipinski definition) is 1. The van der Waals surface area contributed by atoms with Gasteiger partial charge in [0.2, 0.25) is 0 Å². The molecule has 2 aromatic rings. The summed E-state index contributed by atoms with van der Waals surface area (Å²) in [5.74, 6) is 0. The van der Waals surface area contributed by atoms with Crippen LogP contribution >= 0.6 is 0 Å². The molecule has 0 aliphatic heterocycles. The maximum absolute atomic E-state index is 12.0. The van der Waals surface area contributed by atoms with Crippen molar-refractivity contribution < 1.29 is 13.2 Å². The molecule has 0 heterocycles. The molecule has 2 aromatic carbocycles. The van der Waals surface area contributed by atoms with E-state index in [9.17, 15) is 13.2 Å². The van der Waals surface area contributed by atoms with E-state index in [1.165, 1.54) is 6.26 Å². The van der Waals surface area contributed by atoms with Crippen LogP contribution in [-0.2, 0) is 9.84 Å². The third-order valence-corrected chi connectivity index (χ3v) is 5.83. The topological polar surface area (TPSA) is 80.5 Å². The molecule has 0 saturated heterocycles. The van der Waals surface area contributed by atoms with Crippen LogP contribution in [0.25, 0.3) is 11.1 Å². The highest BCUT2D eigenvalue weighted by atomic mass is 32.2. The largest absolute Gasteiger partial charge is 0.351 e. The number of amides is 2. The number of rotatable bonds is 4. The van der Waals surface area contributed by atoms with Crippen molar-refractivity contribution in [1.29, 1.82) is 0 Å². The lowest BCUT2D eigenvalue weighted by atomic mass is 10.0. The summed E-state index contributed by atoms with van der Waals surface area (Å²) in [5, 5.41) is 0.